The van der Waals surface area contributed by atoms with Crippen LogP contribution >= 0.6 is 0 Å². The molecule has 0 spiro atoms. The van der Waals surface area contributed by atoms with Gasteiger partial charge in [-0.25, -0.2) is 0 Å². The van der Waals surface area contributed by atoms with E-state index in [-0.39, 0.29) is 0 Å². The Morgan fingerprint density at radius 1 is 0.852 bits per heavy atom. The Morgan fingerprint density at radius 3 is 2.11 bits per heavy atom. The van der Waals surface area contributed by atoms with Crippen molar-refractivity contribution < 1.29 is 9.47 Å². The normalized spacial score (nSPS) is 12.7. The van der Waals surface area contributed by atoms with Crippen molar-refractivity contribution in [3.05, 3.63) is 35.9 Å². The van der Waals surface area contributed by atoms with E-state index in [2.05, 4.69) is 32.9 Å². The van der Waals surface area contributed by atoms with Gasteiger partial charge in [0.05, 0.1) is 6.61 Å². The average Bonchev–Trinajstić information content (AvgIpc) is 2.55. The van der Waals surface area contributed by atoms with Crippen molar-refractivity contribution in [3.8, 4) is 5.75 Å². The molecule has 0 amide bonds. The molecule has 27 heavy (non-hydrogen) atoms. The van der Waals surface area contributed by atoms with Gasteiger partial charge in [0.15, 0.2) is 0 Å². The minimum Gasteiger partial charge on any atom is -0.463 e. The molecule has 0 aliphatic rings. The van der Waals surface area contributed by atoms with Gasteiger partial charge >= 0.3 is 0 Å². The maximum absolute atomic E-state index is 6.03. The molecule has 0 atom stereocenters. The first-order valence-electron chi connectivity index (χ1n) is 10.8. The molecule has 2 nitrogen and oxygen atoms in total. The van der Waals surface area contributed by atoms with Crippen LogP contribution < -0.4 is 4.74 Å². The van der Waals surface area contributed by atoms with E-state index in [9.17, 15) is 0 Å². The molecule has 2 heteroatoms. The molecule has 0 aliphatic heterocycles. The highest BCUT2D eigenvalue weighted by molar-refractivity contribution is 5.51. The summed E-state index contributed by atoms with van der Waals surface area (Å²) >= 11 is 0. The van der Waals surface area contributed by atoms with Crippen LogP contribution in [0.5, 0.6) is 5.75 Å². The maximum atomic E-state index is 6.03. The molecule has 0 saturated heterocycles. The molecule has 154 valence electrons. The van der Waals surface area contributed by atoms with Crippen molar-refractivity contribution in [2.75, 3.05) is 6.61 Å². The first kappa shape index (κ1) is 23.8. The molecule has 1 aromatic rings. The first-order chi connectivity index (χ1) is 12.7. The monoisotopic (exact) mass is 374 g/mol. The van der Waals surface area contributed by atoms with Crippen molar-refractivity contribution in [3.63, 3.8) is 0 Å². The van der Waals surface area contributed by atoms with Gasteiger partial charge in [0, 0.05) is 13.8 Å². The zero-order valence-corrected chi connectivity index (χ0v) is 18.6. The van der Waals surface area contributed by atoms with Crippen molar-refractivity contribution in [1.82, 2.24) is 0 Å². The average molecular weight is 375 g/mol. The summed E-state index contributed by atoms with van der Waals surface area (Å²) < 4.78 is 12.0. The molecule has 0 fully saturated rings. The van der Waals surface area contributed by atoms with Crippen molar-refractivity contribution in [1.29, 1.82) is 0 Å². The second kappa shape index (κ2) is 12.2. The summed E-state index contributed by atoms with van der Waals surface area (Å²) in [4.78, 5) is 0. The van der Waals surface area contributed by atoms with E-state index >= 15 is 0 Å². The second-order valence-corrected chi connectivity index (χ2v) is 9.21. The van der Waals surface area contributed by atoms with E-state index in [0.29, 0.717) is 5.41 Å². The van der Waals surface area contributed by atoms with Crippen LogP contribution in [0.4, 0.5) is 0 Å². The number of rotatable bonds is 13. The Bertz CT molecular complexity index is 538. The van der Waals surface area contributed by atoms with E-state index in [1.165, 1.54) is 44.9 Å². The lowest BCUT2D eigenvalue weighted by molar-refractivity contribution is -0.156. The number of ether oxygens (including phenoxy) is 2. The Balaban J connectivity index is 2.12. The van der Waals surface area contributed by atoms with Crippen LogP contribution in [0.3, 0.4) is 0 Å². The third-order valence-corrected chi connectivity index (χ3v) is 4.60. The van der Waals surface area contributed by atoms with Crippen LogP contribution in [0.2, 0.25) is 0 Å². The SMILES string of the molecule is CC=Cc1cccc(OC(C)(C)OCCCCCCCCCC(C)(C)C)c1. The van der Waals surface area contributed by atoms with Crippen LogP contribution in [-0.4, -0.2) is 12.4 Å². The van der Waals surface area contributed by atoms with Gasteiger partial charge in [0.25, 0.3) is 0 Å². The van der Waals surface area contributed by atoms with E-state index in [0.717, 1.165) is 24.3 Å². The molecule has 0 radical (unpaired) electrons. The van der Waals surface area contributed by atoms with E-state index in [4.69, 9.17) is 9.47 Å². The molecule has 0 heterocycles. The minimum absolute atomic E-state index is 0.486. The van der Waals surface area contributed by atoms with Gasteiger partial charge in [0.2, 0.25) is 5.79 Å². The highest BCUT2D eigenvalue weighted by atomic mass is 16.7. The summed E-state index contributed by atoms with van der Waals surface area (Å²) in [5, 5.41) is 0. The highest BCUT2D eigenvalue weighted by Gasteiger charge is 2.20. The van der Waals surface area contributed by atoms with Gasteiger partial charge in [-0.05, 0) is 42.9 Å². The lowest BCUT2D eigenvalue weighted by Gasteiger charge is -2.27. The van der Waals surface area contributed by atoms with Crippen LogP contribution in [0, 0.1) is 5.41 Å². The third-order valence-electron chi connectivity index (χ3n) is 4.60. The molecular formula is C25H42O2. The number of hydrogen-bond acceptors (Lipinski definition) is 2. The zero-order chi connectivity index (χ0) is 20.2. The number of benzene rings is 1. The molecule has 0 aliphatic carbocycles. The third kappa shape index (κ3) is 12.7. The van der Waals surface area contributed by atoms with Crippen molar-refractivity contribution in [2.24, 2.45) is 5.41 Å². The lowest BCUT2D eigenvalue weighted by atomic mass is 9.89. The predicted molar refractivity (Wildman–Crippen MR) is 118 cm³/mol. The summed E-state index contributed by atoms with van der Waals surface area (Å²) in [5.74, 6) is 0.257. The molecule has 0 aromatic heterocycles. The molecule has 0 bridgehead atoms. The van der Waals surface area contributed by atoms with Gasteiger partial charge in [-0.1, -0.05) is 83.6 Å². The topological polar surface area (TPSA) is 18.5 Å². The minimum atomic E-state index is -0.596. The quantitative estimate of drug-likeness (QED) is 0.257. The van der Waals surface area contributed by atoms with Crippen molar-refractivity contribution >= 4 is 6.08 Å². The van der Waals surface area contributed by atoms with E-state index in [1.54, 1.807) is 0 Å². The van der Waals surface area contributed by atoms with Gasteiger partial charge in [-0.2, -0.15) is 0 Å². The van der Waals surface area contributed by atoms with Gasteiger partial charge in [0.1, 0.15) is 5.75 Å². The summed E-state index contributed by atoms with van der Waals surface area (Å²) in [6, 6.07) is 8.12. The highest BCUT2D eigenvalue weighted by Crippen LogP contribution is 2.23. The predicted octanol–water partition coefficient (Wildman–Crippen LogP) is 8.02. The second-order valence-electron chi connectivity index (χ2n) is 9.21. The zero-order valence-electron chi connectivity index (χ0n) is 18.6. The van der Waals surface area contributed by atoms with Gasteiger partial charge < -0.3 is 9.47 Å². The number of hydrogen-bond donors (Lipinski definition) is 0. The largest absolute Gasteiger partial charge is 0.463 e. The first-order valence-corrected chi connectivity index (χ1v) is 10.8. The molecule has 1 aromatic carbocycles. The Hall–Kier alpha value is -1.28. The molecule has 0 unspecified atom stereocenters. The lowest BCUT2D eigenvalue weighted by Crippen LogP contribution is -2.32. The fourth-order valence-electron chi connectivity index (χ4n) is 3.15. The Labute approximate surface area is 168 Å². The molecule has 0 saturated carbocycles. The molecule has 1 rings (SSSR count). The van der Waals surface area contributed by atoms with Gasteiger partial charge in [-0.15, -0.1) is 0 Å². The molecular weight excluding hydrogens is 332 g/mol. The summed E-state index contributed by atoms with van der Waals surface area (Å²) in [6.07, 6.45) is 14.6. The van der Waals surface area contributed by atoms with Crippen LogP contribution in [-0.2, 0) is 4.74 Å². The maximum Gasteiger partial charge on any atom is 0.204 e. The number of allylic oxidation sites excluding steroid dienone is 1. The Kier molecular flexibility index (Phi) is 10.8. The van der Waals surface area contributed by atoms with E-state index in [1.807, 2.05) is 45.0 Å². The van der Waals surface area contributed by atoms with Crippen LogP contribution in [0.1, 0.15) is 98.5 Å². The summed E-state index contributed by atoms with van der Waals surface area (Å²) in [7, 11) is 0. The number of unbranched alkanes of at least 4 members (excludes halogenated alkanes) is 6. The smallest absolute Gasteiger partial charge is 0.204 e. The molecule has 0 N–H and O–H groups in total. The van der Waals surface area contributed by atoms with E-state index < -0.39 is 5.79 Å². The Morgan fingerprint density at radius 2 is 1.48 bits per heavy atom. The fraction of sp³-hybridized carbons (Fsp3) is 0.680. The summed E-state index contributed by atoms with van der Waals surface area (Å²) in [6.45, 7) is 13.7. The van der Waals surface area contributed by atoms with Crippen LogP contribution in [0.15, 0.2) is 30.3 Å². The standard InChI is InChI=1S/C25H42O2/c1-7-16-22-17-15-18-23(21-22)27-25(5,6)26-20-14-12-10-8-9-11-13-19-24(2,3)4/h7,15-18,21H,8-14,19-20H2,1-6H3. The fourth-order valence-corrected chi connectivity index (χ4v) is 3.15. The van der Waals surface area contributed by atoms with Crippen LogP contribution in [0.25, 0.3) is 6.08 Å². The summed E-state index contributed by atoms with van der Waals surface area (Å²) in [5.41, 5.74) is 1.63. The van der Waals surface area contributed by atoms with Gasteiger partial charge in [-0.3, -0.25) is 0 Å². The van der Waals surface area contributed by atoms with Crippen molar-refractivity contribution in [2.45, 2.75) is 98.7 Å².